The molecule has 4 amide bonds. The summed E-state index contributed by atoms with van der Waals surface area (Å²) in [6.07, 6.45) is 3.07. The fourth-order valence-electron chi connectivity index (χ4n) is 6.51. The van der Waals surface area contributed by atoms with Crippen LogP contribution in [0.4, 0.5) is 9.18 Å². The van der Waals surface area contributed by atoms with Crippen LogP contribution >= 0.6 is 11.3 Å². The van der Waals surface area contributed by atoms with E-state index in [2.05, 4.69) is 26.9 Å². The first-order valence-corrected chi connectivity index (χ1v) is 19.9. The van der Waals surface area contributed by atoms with Crippen molar-refractivity contribution in [3.63, 3.8) is 0 Å². The molecule has 1 saturated heterocycles. The Balaban J connectivity index is 1.35. The zero-order valence-electron chi connectivity index (χ0n) is 30.3. The average Bonchev–Trinajstić information content (AvgIpc) is 3.91. The van der Waals surface area contributed by atoms with Crippen molar-refractivity contribution in [1.82, 2.24) is 40.2 Å². The number of likely N-dealkylation sites (tertiary alicyclic amines) is 1. The maximum Gasteiger partial charge on any atom is 0.407 e. The van der Waals surface area contributed by atoms with Crippen molar-refractivity contribution in [2.45, 2.75) is 75.4 Å². The van der Waals surface area contributed by atoms with Crippen LogP contribution < -0.4 is 20.1 Å². The molecule has 3 aromatic rings. The van der Waals surface area contributed by atoms with Crippen molar-refractivity contribution < 1.29 is 41.5 Å². The van der Waals surface area contributed by atoms with Crippen molar-refractivity contribution in [3.8, 4) is 27.7 Å². The number of methoxy groups -OCH3 is 1. The molecule has 19 heteroatoms. The molecule has 54 heavy (non-hydrogen) atoms. The number of thiazole rings is 1. The summed E-state index contributed by atoms with van der Waals surface area (Å²) in [4.78, 5) is 62.2. The lowest BCUT2D eigenvalue weighted by Crippen LogP contribution is -2.60. The molecule has 1 aliphatic heterocycles. The summed E-state index contributed by atoms with van der Waals surface area (Å²) < 4.78 is 50.6. The highest BCUT2D eigenvalue weighted by atomic mass is 32.2. The molecule has 16 nitrogen and oxygen atoms in total. The van der Waals surface area contributed by atoms with E-state index in [0.717, 1.165) is 5.56 Å². The Morgan fingerprint density at radius 3 is 2.43 bits per heavy atom. The highest BCUT2D eigenvalue weighted by molar-refractivity contribution is 7.91. The molecule has 0 spiro atoms. The molecular formula is C35H43FN8O8S2. The number of carbonyl (C=O) groups excluding carboxylic acids is 4. The number of hydrogen-bond acceptors (Lipinski definition) is 12. The smallest absolute Gasteiger partial charge is 0.407 e. The molecule has 3 aliphatic rings. The minimum Gasteiger partial charge on any atom is -0.497 e. The Kier molecular flexibility index (Phi) is 10.8. The monoisotopic (exact) mass is 786 g/mol. The van der Waals surface area contributed by atoms with E-state index in [9.17, 15) is 32.0 Å². The highest BCUT2D eigenvalue weighted by Crippen LogP contribution is 2.46. The van der Waals surface area contributed by atoms with Crippen LogP contribution in [0.1, 0.15) is 52.5 Å². The molecule has 2 aliphatic carbocycles. The molecule has 0 radical (unpaired) electrons. The van der Waals surface area contributed by atoms with Crippen LogP contribution in [0.5, 0.6) is 5.75 Å². The zero-order valence-corrected chi connectivity index (χ0v) is 31.9. The van der Waals surface area contributed by atoms with Crippen LogP contribution in [0.3, 0.4) is 0 Å². The maximum absolute atomic E-state index is 14.5. The lowest BCUT2D eigenvalue weighted by Gasteiger charge is -2.35. The first-order valence-electron chi connectivity index (χ1n) is 17.4. The summed E-state index contributed by atoms with van der Waals surface area (Å²) >= 11 is 1.36. The van der Waals surface area contributed by atoms with Crippen molar-refractivity contribution in [2.24, 2.45) is 11.3 Å². The Hall–Kier alpha value is -4.91. The fourth-order valence-corrected chi connectivity index (χ4v) is 8.50. The van der Waals surface area contributed by atoms with Gasteiger partial charge in [0.25, 0.3) is 5.91 Å². The second-order valence-corrected chi connectivity index (χ2v) is 17.5. The van der Waals surface area contributed by atoms with E-state index in [1.54, 1.807) is 51.6 Å². The minimum absolute atomic E-state index is 0.00833. The summed E-state index contributed by atoms with van der Waals surface area (Å²) in [5.41, 5.74) is -0.811. The van der Waals surface area contributed by atoms with Gasteiger partial charge in [0.15, 0.2) is 0 Å². The normalized spacial score (nSPS) is 22.9. The van der Waals surface area contributed by atoms with Crippen molar-refractivity contribution >= 4 is 45.2 Å². The number of aromatic nitrogens is 4. The van der Waals surface area contributed by atoms with Crippen LogP contribution in [-0.4, -0.2) is 107 Å². The number of nitrogens with zero attached hydrogens (tertiary/aromatic N) is 5. The fraction of sp³-hybridized carbons (Fsp3) is 0.514. The van der Waals surface area contributed by atoms with Gasteiger partial charge in [-0.25, -0.2) is 22.6 Å². The summed E-state index contributed by atoms with van der Waals surface area (Å²) in [7, 11) is -2.38. The van der Waals surface area contributed by atoms with E-state index in [-0.39, 0.29) is 19.4 Å². The number of benzene rings is 1. The minimum atomic E-state index is -3.93. The van der Waals surface area contributed by atoms with Gasteiger partial charge < -0.3 is 25.0 Å². The van der Waals surface area contributed by atoms with E-state index in [0.29, 0.717) is 35.0 Å². The second kappa shape index (κ2) is 15.1. The molecule has 0 unspecified atom stereocenters. The van der Waals surface area contributed by atoms with Crippen molar-refractivity contribution in [3.05, 3.63) is 48.5 Å². The summed E-state index contributed by atoms with van der Waals surface area (Å²) in [6, 6.07) is 4.09. The standard InChI is InChI=1S/C35H43FN8O8S2/c1-6-21-18-35(21,32(47)42-54(49,50)24-11-12-24)39-29(45)25-17-22(19-43(25)31(46)28(34(2,3)4)38-33(48)52-15-13-36)44-40-26(20-7-9-23(51-5)10-8-20)27(41-44)30-37-14-16-53-30/h6-10,14,16,21-22,24-25,28H,1,11-13,15,17-19H2,2-5H3,(H,38,48)(H,39,45)(H,42,47)/t21-,22-,25+,28-,35+/m1/s1. The lowest BCUT2D eigenvalue weighted by molar-refractivity contribution is -0.142. The van der Waals surface area contributed by atoms with E-state index in [1.165, 1.54) is 27.1 Å². The summed E-state index contributed by atoms with van der Waals surface area (Å²) in [5, 5.41) is 16.7. The van der Waals surface area contributed by atoms with E-state index in [1.807, 2.05) is 12.1 Å². The average molecular weight is 787 g/mol. The second-order valence-electron chi connectivity index (χ2n) is 14.6. The van der Waals surface area contributed by atoms with E-state index in [4.69, 9.17) is 19.7 Å². The van der Waals surface area contributed by atoms with Crippen molar-refractivity contribution in [2.75, 3.05) is 26.9 Å². The number of hydrogen-bond donors (Lipinski definition) is 3. The first kappa shape index (κ1) is 38.8. The van der Waals surface area contributed by atoms with E-state index < -0.39 is 87.4 Å². The number of alkyl halides is 1. The number of halogens is 1. The lowest BCUT2D eigenvalue weighted by atomic mass is 9.85. The van der Waals surface area contributed by atoms with Gasteiger partial charge in [-0.05, 0) is 48.9 Å². The Morgan fingerprint density at radius 1 is 1.15 bits per heavy atom. The van der Waals surface area contributed by atoms with Gasteiger partial charge in [-0.1, -0.05) is 26.8 Å². The molecule has 2 saturated carbocycles. The summed E-state index contributed by atoms with van der Waals surface area (Å²) in [6.45, 7) is 7.38. The third kappa shape index (κ3) is 7.96. The first-order chi connectivity index (χ1) is 25.6. The molecular weight excluding hydrogens is 744 g/mol. The van der Waals surface area contributed by atoms with Crippen LogP contribution in [0.15, 0.2) is 48.5 Å². The SMILES string of the molecule is C=C[C@@H]1C[C@@]1(NC(=O)[C@@H]1C[C@@H](n2nc(-c3ccc(OC)cc3)c(-c3nccs3)n2)CN1C(=O)[C@@H](NC(=O)OCCF)C(C)(C)C)C(=O)NS(=O)(=O)C1CC1. The Bertz CT molecular complexity index is 2010. The molecule has 2 aromatic heterocycles. The van der Waals surface area contributed by atoms with E-state index >= 15 is 0 Å². The van der Waals surface area contributed by atoms with Gasteiger partial charge in [0.1, 0.15) is 53.0 Å². The number of carbonyl (C=O) groups is 4. The Morgan fingerprint density at radius 2 is 1.85 bits per heavy atom. The Labute approximate surface area is 315 Å². The predicted octanol–water partition coefficient (Wildman–Crippen LogP) is 3.00. The molecule has 3 N–H and O–H groups in total. The van der Waals surface area contributed by atoms with Crippen molar-refractivity contribution in [1.29, 1.82) is 0 Å². The molecule has 0 bridgehead atoms. The predicted molar refractivity (Wildman–Crippen MR) is 195 cm³/mol. The molecule has 5 atom stereocenters. The van der Waals surface area contributed by atoms with Crippen LogP contribution in [0.25, 0.3) is 22.0 Å². The van der Waals surface area contributed by atoms with Gasteiger partial charge in [0.05, 0.1) is 18.4 Å². The molecule has 6 rings (SSSR count). The number of amides is 4. The molecule has 3 heterocycles. The molecule has 290 valence electrons. The maximum atomic E-state index is 14.5. The topological polar surface area (TPSA) is 204 Å². The van der Waals surface area contributed by atoms with Crippen LogP contribution in [-0.2, 0) is 29.1 Å². The van der Waals surface area contributed by atoms with Gasteiger partial charge in [-0.15, -0.1) is 23.0 Å². The summed E-state index contributed by atoms with van der Waals surface area (Å²) in [5.74, 6) is -2.16. The zero-order chi connectivity index (χ0) is 39.0. The number of nitrogens with one attached hydrogen (secondary N) is 3. The van der Waals surface area contributed by atoms with Gasteiger partial charge in [0, 0.05) is 36.0 Å². The third-order valence-corrected chi connectivity index (χ3v) is 12.4. The van der Waals surface area contributed by atoms with Gasteiger partial charge in [0.2, 0.25) is 21.8 Å². The number of rotatable bonds is 14. The third-order valence-electron chi connectivity index (χ3n) is 9.75. The van der Waals surface area contributed by atoms with Gasteiger partial charge in [-0.2, -0.15) is 9.90 Å². The van der Waals surface area contributed by atoms with Gasteiger partial charge in [-0.3, -0.25) is 19.1 Å². The number of alkyl carbamates (subject to hydrolysis) is 1. The number of sulfonamides is 1. The van der Waals surface area contributed by atoms with Gasteiger partial charge >= 0.3 is 6.09 Å². The van der Waals surface area contributed by atoms with Crippen LogP contribution in [0.2, 0.25) is 0 Å². The van der Waals surface area contributed by atoms with Crippen LogP contribution in [0, 0.1) is 11.3 Å². The highest BCUT2D eigenvalue weighted by Gasteiger charge is 2.62. The molecule has 1 aromatic carbocycles. The molecule has 3 fully saturated rings. The largest absolute Gasteiger partial charge is 0.497 e. The quantitative estimate of drug-likeness (QED) is 0.203. The number of ether oxygens (including phenoxy) is 2.